The smallest absolute Gasteiger partial charge is 0.275 e. The molecule has 1 amide bonds. The topological polar surface area (TPSA) is 60.2 Å². The molecule has 1 aromatic carbocycles. The summed E-state index contributed by atoms with van der Waals surface area (Å²) in [7, 11) is 1.69. The lowest BCUT2D eigenvalue weighted by Crippen LogP contribution is -2.57. The molecule has 2 atom stereocenters. The van der Waals surface area contributed by atoms with E-state index in [0.717, 1.165) is 11.1 Å². The van der Waals surface area contributed by atoms with Crippen molar-refractivity contribution in [3.8, 4) is 17.0 Å². The van der Waals surface area contributed by atoms with E-state index >= 15 is 0 Å². The van der Waals surface area contributed by atoms with Gasteiger partial charge in [0.25, 0.3) is 11.8 Å². The minimum atomic E-state index is -3.00. The largest absolute Gasteiger partial charge is 0.475 e. The maximum Gasteiger partial charge on any atom is 0.275 e. The molecule has 2 aromatic heterocycles. The van der Waals surface area contributed by atoms with E-state index in [1.165, 1.54) is 9.58 Å². The minimum absolute atomic E-state index is 0.0577. The number of pyridine rings is 1. The van der Waals surface area contributed by atoms with Crippen LogP contribution in [-0.2, 0) is 7.05 Å². The van der Waals surface area contributed by atoms with E-state index in [0.29, 0.717) is 16.5 Å². The maximum atomic E-state index is 14.5. The quantitative estimate of drug-likeness (QED) is 0.521. The molecule has 0 spiro atoms. The van der Waals surface area contributed by atoms with Crippen LogP contribution in [0.25, 0.3) is 11.1 Å². The van der Waals surface area contributed by atoms with Gasteiger partial charge in [0.1, 0.15) is 6.61 Å². The molecular formula is C24H25ClF2N4O2. The third kappa shape index (κ3) is 5.16. The first-order chi connectivity index (χ1) is 15.6. The van der Waals surface area contributed by atoms with Crippen LogP contribution in [0.15, 0.2) is 48.8 Å². The van der Waals surface area contributed by atoms with Crippen molar-refractivity contribution in [2.45, 2.75) is 32.2 Å². The van der Waals surface area contributed by atoms with Gasteiger partial charge in [-0.3, -0.25) is 9.48 Å². The molecule has 0 saturated carbocycles. The first kappa shape index (κ1) is 23.2. The van der Waals surface area contributed by atoms with E-state index in [2.05, 4.69) is 10.1 Å². The third-order valence-electron chi connectivity index (χ3n) is 5.81. The molecular weight excluding hydrogens is 450 g/mol. The summed E-state index contributed by atoms with van der Waals surface area (Å²) < 4.78 is 36.4. The van der Waals surface area contributed by atoms with E-state index in [-0.39, 0.29) is 18.7 Å². The fourth-order valence-corrected chi connectivity index (χ4v) is 4.28. The van der Waals surface area contributed by atoms with Crippen molar-refractivity contribution < 1.29 is 18.3 Å². The molecule has 174 valence electrons. The molecule has 9 heteroatoms. The summed E-state index contributed by atoms with van der Waals surface area (Å²) in [5.41, 5.74) is 2.38. The van der Waals surface area contributed by atoms with E-state index in [9.17, 15) is 13.6 Å². The molecule has 1 fully saturated rings. The van der Waals surface area contributed by atoms with Crippen molar-refractivity contribution in [1.82, 2.24) is 19.7 Å². The zero-order valence-electron chi connectivity index (χ0n) is 18.6. The van der Waals surface area contributed by atoms with Crippen LogP contribution in [0.1, 0.15) is 29.4 Å². The number of piperidine rings is 1. The highest BCUT2D eigenvalue weighted by Gasteiger charge is 2.47. The van der Waals surface area contributed by atoms with Crippen LogP contribution in [0, 0.1) is 12.8 Å². The number of amides is 1. The van der Waals surface area contributed by atoms with Crippen LogP contribution in [0.4, 0.5) is 8.78 Å². The Morgan fingerprint density at radius 3 is 2.64 bits per heavy atom. The van der Waals surface area contributed by atoms with E-state index in [1.54, 1.807) is 56.7 Å². The standard InChI is InChI=1S/C24H25ClF2N4O2/c1-15-4-9-21(28-11-15)33-13-20-16(2)10-24(26,27)14-31(20)23(32)22-19(12-30(3)29-22)17-5-7-18(25)8-6-17/h4-9,11-12,16,20H,10,13-14H2,1-3H3/t16-,20?/m1/s1. The molecule has 0 aliphatic carbocycles. The van der Waals surface area contributed by atoms with Crippen LogP contribution in [0.3, 0.4) is 0 Å². The third-order valence-corrected chi connectivity index (χ3v) is 6.07. The molecule has 3 aromatic rings. The Balaban J connectivity index is 1.64. The maximum absolute atomic E-state index is 14.5. The molecule has 3 heterocycles. The van der Waals surface area contributed by atoms with Gasteiger partial charge in [0.2, 0.25) is 5.88 Å². The second-order valence-corrected chi connectivity index (χ2v) is 9.03. The van der Waals surface area contributed by atoms with Crippen molar-refractivity contribution in [2.75, 3.05) is 13.2 Å². The Hall–Kier alpha value is -3.00. The molecule has 1 saturated heterocycles. The van der Waals surface area contributed by atoms with Gasteiger partial charge in [-0.2, -0.15) is 5.10 Å². The average molecular weight is 475 g/mol. The Morgan fingerprint density at radius 2 is 1.97 bits per heavy atom. The second-order valence-electron chi connectivity index (χ2n) is 8.59. The van der Waals surface area contributed by atoms with Gasteiger partial charge in [-0.25, -0.2) is 13.8 Å². The van der Waals surface area contributed by atoms with E-state index in [4.69, 9.17) is 16.3 Å². The van der Waals surface area contributed by atoms with Gasteiger partial charge in [0, 0.05) is 42.5 Å². The lowest BCUT2D eigenvalue weighted by Gasteiger charge is -2.42. The Labute approximate surface area is 196 Å². The molecule has 0 N–H and O–H groups in total. The van der Waals surface area contributed by atoms with Crippen molar-refractivity contribution in [1.29, 1.82) is 0 Å². The van der Waals surface area contributed by atoms with Gasteiger partial charge in [-0.15, -0.1) is 0 Å². The summed E-state index contributed by atoms with van der Waals surface area (Å²) in [5, 5.41) is 4.87. The number of aromatic nitrogens is 3. The number of aryl methyl sites for hydroxylation is 2. The number of ether oxygens (including phenoxy) is 1. The van der Waals surface area contributed by atoms with Crippen LogP contribution < -0.4 is 4.74 Å². The van der Waals surface area contributed by atoms with Crippen LogP contribution in [0.5, 0.6) is 5.88 Å². The minimum Gasteiger partial charge on any atom is -0.475 e. The van der Waals surface area contributed by atoms with E-state index in [1.807, 2.05) is 13.0 Å². The molecule has 1 aliphatic rings. The number of benzene rings is 1. The highest BCUT2D eigenvalue weighted by atomic mass is 35.5. The summed E-state index contributed by atoms with van der Waals surface area (Å²) >= 11 is 5.99. The molecule has 0 bridgehead atoms. The number of hydrogen-bond donors (Lipinski definition) is 0. The van der Waals surface area contributed by atoms with Gasteiger partial charge in [-0.05, 0) is 36.1 Å². The highest BCUT2D eigenvalue weighted by Crippen LogP contribution is 2.36. The lowest BCUT2D eigenvalue weighted by atomic mass is 9.88. The number of rotatable bonds is 5. The predicted octanol–water partition coefficient (Wildman–Crippen LogP) is 5.01. The summed E-state index contributed by atoms with van der Waals surface area (Å²) in [6.45, 7) is 2.99. The Bertz CT molecular complexity index is 1130. The molecule has 6 nitrogen and oxygen atoms in total. The number of likely N-dealkylation sites (tertiary alicyclic amines) is 1. The summed E-state index contributed by atoms with van der Waals surface area (Å²) in [6, 6.07) is 9.98. The van der Waals surface area contributed by atoms with Gasteiger partial charge >= 0.3 is 0 Å². The first-order valence-corrected chi connectivity index (χ1v) is 11.0. The number of hydrogen-bond acceptors (Lipinski definition) is 4. The van der Waals surface area contributed by atoms with Crippen LogP contribution in [-0.4, -0.2) is 50.7 Å². The number of alkyl halides is 2. The lowest BCUT2D eigenvalue weighted by molar-refractivity contribution is -0.0979. The summed E-state index contributed by atoms with van der Waals surface area (Å²) in [4.78, 5) is 19.0. The summed E-state index contributed by atoms with van der Waals surface area (Å²) in [6.07, 6.45) is 3.05. The molecule has 1 aliphatic heterocycles. The van der Waals surface area contributed by atoms with Gasteiger partial charge in [0.05, 0.1) is 12.6 Å². The van der Waals surface area contributed by atoms with Gasteiger partial charge in [0.15, 0.2) is 5.69 Å². The van der Waals surface area contributed by atoms with Crippen LogP contribution >= 0.6 is 11.6 Å². The summed E-state index contributed by atoms with van der Waals surface area (Å²) in [5.74, 6) is -3.65. The first-order valence-electron chi connectivity index (χ1n) is 10.7. The van der Waals surface area contributed by atoms with Gasteiger partial charge in [-0.1, -0.05) is 36.7 Å². The molecule has 0 radical (unpaired) electrons. The Morgan fingerprint density at radius 1 is 1.24 bits per heavy atom. The highest BCUT2D eigenvalue weighted by molar-refractivity contribution is 6.30. The number of carbonyl (C=O) groups excluding carboxylic acids is 1. The normalized spacial score (nSPS) is 20.0. The average Bonchev–Trinajstić information content (AvgIpc) is 3.15. The Kier molecular flexibility index (Phi) is 6.38. The van der Waals surface area contributed by atoms with Gasteiger partial charge < -0.3 is 9.64 Å². The van der Waals surface area contributed by atoms with Crippen molar-refractivity contribution in [3.05, 3.63) is 65.1 Å². The van der Waals surface area contributed by atoms with E-state index < -0.39 is 30.3 Å². The fraction of sp³-hybridized carbons (Fsp3) is 0.375. The molecule has 4 rings (SSSR count). The number of halogens is 3. The number of carbonyl (C=O) groups is 1. The zero-order chi connectivity index (χ0) is 23.8. The SMILES string of the molecule is Cc1ccc(OCC2[C@H](C)CC(F)(F)CN2C(=O)c2nn(C)cc2-c2ccc(Cl)cc2)nc1. The monoisotopic (exact) mass is 474 g/mol. The van der Waals surface area contributed by atoms with Crippen molar-refractivity contribution in [3.63, 3.8) is 0 Å². The van der Waals surface area contributed by atoms with Crippen LogP contribution in [0.2, 0.25) is 5.02 Å². The zero-order valence-corrected chi connectivity index (χ0v) is 19.4. The molecule has 33 heavy (non-hydrogen) atoms. The number of nitrogens with zero attached hydrogens (tertiary/aromatic N) is 4. The fourth-order valence-electron chi connectivity index (χ4n) is 4.16. The molecule has 1 unspecified atom stereocenters. The van der Waals surface area contributed by atoms with Crippen molar-refractivity contribution in [2.24, 2.45) is 13.0 Å². The second kappa shape index (κ2) is 9.09. The predicted molar refractivity (Wildman–Crippen MR) is 122 cm³/mol. The van der Waals surface area contributed by atoms with Crippen molar-refractivity contribution >= 4 is 17.5 Å².